The smallest absolute Gasteiger partial charge is 0.321 e. The predicted octanol–water partition coefficient (Wildman–Crippen LogP) is 4.84. The van der Waals surface area contributed by atoms with Crippen molar-refractivity contribution in [3.05, 3.63) is 58.5 Å². The molecule has 0 spiro atoms. The fraction of sp³-hybridized carbons (Fsp3) is 0.320. The minimum absolute atomic E-state index is 0.111. The number of thiophene rings is 1. The van der Waals surface area contributed by atoms with Crippen LogP contribution in [-0.2, 0) is 0 Å². The first kappa shape index (κ1) is 23.6. The van der Waals surface area contributed by atoms with Crippen LogP contribution in [0.15, 0.2) is 41.5 Å². The molecule has 2 unspecified atom stereocenters. The van der Waals surface area contributed by atoms with Gasteiger partial charge in [-0.15, -0.1) is 11.3 Å². The Morgan fingerprint density at radius 3 is 2.76 bits per heavy atom. The highest BCUT2D eigenvalue weighted by Gasteiger charge is 2.36. The number of ether oxygens (including phenoxy) is 1. The van der Waals surface area contributed by atoms with Crippen molar-refractivity contribution in [3.8, 4) is 16.6 Å². The van der Waals surface area contributed by atoms with E-state index in [1.165, 1.54) is 6.08 Å². The van der Waals surface area contributed by atoms with Crippen LogP contribution in [0.3, 0.4) is 0 Å². The molecule has 5 heterocycles. The molecule has 4 aromatic rings. The zero-order valence-electron chi connectivity index (χ0n) is 20.3. The van der Waals surface area contributed by atoms with E-state index in [0.29, 0.717) is 28.7 Å². The highest BCUT2D eigenvalue weighted by molar-refractivity contribution is 7.13. The van der Waals surface area contributed by atoms with Crippen LogP contribution in [0.5, 0.6) is 6.01 Å². The van der Waals surface area contributed by atoms with Crippen LogP contribution in [-0.4, -0.2) is 69.4 Å². The SMILES string of the molecule is Cc1cc2c([nH]1)C=C(F)C(Oc1nc(Nc3cc(-c4cccs4)[nH]n3)cc(N3CCN(C)CC3)n1)C2F. The average Bonchev–Trinajstić information content (AvgIpc) is 3.63. The van der Waals surface area contributed by atoms with Gasteiger partial charge in [-0.05, 0) is 37.6 Å². The molecule has 1 aliphatic heterocycles. The second-order valence-electron chi connectivity index (χ2n) is 9.24. The number of alkyl halides is 1. The highest BCUT2D eigenvalue weighted by Crippen LogP contribution is 2.38. The van der Waals surface area contributed by atoms with E-state index in [0.717, 1.165) is 42.4 Å². The van der Waals surface area contributed by atoms with Crippen molar-refractivity contribution in [2.24, 2.45) is 0 Å². The summed E-state index contributed by atoms with van der Waals surface area (Å²) in [5.74, 6) is 0.857. The molecule has 0 saturated carbocycles. The number of hydrogen-bond acceptors (Lipinski definition) is 8. The van der Waals surface area contributed by atoms with Crippen molar-refractivity contribution in [2.45, 2.75) is 19.2 Å². The molecule has 4 aromatic heterocycles. The summed E-state index contributed by atoms with van der Waals surface area (Å²) < 4.78 is 36.1. The lowest BCUT2D eigenvalue weighted by atomic mass is 9.99. The first-order valence-corrected chi connectivity index (χ1v) is 12.9. The lowest BCUT2D eigenvalue weighted by Crippen LogP contribution is -2.44. The van der Waals surface area contributed by atoms with Gasteiger partial charge in [0.15, 0.2) is 18.1 Å². The van der Waals surface area contributed by atoms with E-state index in [1.54, 1.807) is 30.4 Å². The fourth-order valence-corrected chi connectivity index (χ4v) is 5.23. The Bertz CT molecular complexity index is 1420. The maximum atomic E-state index is 15.3. The van der Waals surface area contributed by atoms with Gasteiger partial charge < -0.3 is 24.8 Å². The minimum atomic E-state index is -1.70. The molecular formula is C25H26F2N8OS. The summed E-state index contributed by atoms with van der Waals surface area (Å²) in [7, 11) is 2.07. The zero-order chi connectivity index (χ0) is 25.5. The molecule has 6 rings (SSSR count). The molecule has 2 aliphatic rings. The highest BCUT2D eigenvalue weighted by atomic mass is 32.1. The number of likely N-dealkylation sites (N-methyl/N-ethyl adjacent to an activating group) is 1. The molecular weight excluding hydrogens is 498 g/mol. The van der Waals surface area contributed by atoms with Crippen LogP contribution in [0, 0.1) is 6.92 Å². The van der Waals surface area contributed by atoms with Crippen LogP contribution in [0.1, 0.15) is 23.1 Å². The summed E-state index contributed by atoms with van der Waals surface area (Å²) in [6.07, 6.45) is -1.91. The van der Waals surface area contributed by atoms with Gasteiger partial charge in [-0.1, -0.05) is 6.07 Å². The van der Waals surface area contributed by atoms with Gasteiger partial charge in [-0.3, -0.25) is 5.10 Å². The Morgan fingerprint density at radius 2 is 1.97 bits per heavy atom. The van der Waals surface area contributed by atoms with Crippen molar-refractivity contribution >= 4 is 34.9 Å². The lowest BCUT2D eigenvalue weighted by molar-refractivity contribution is 0.0985. The molecule has 0 amide bonds. The molecule has 3 N–H and O–H groups in total. The molecule has 0 radical (unpaired) electrons. The lowest BCUT2D eigenvalue weighted by Gasteiger charge is -2.33. The summed E-state index contributed by atoms with van der Waals surface area (Å²) in [6, 6.07) is 9.20. The van der Waals surface area contributed by atoms with Crippen molar-refractivity contribution in [3.63, 3.8) is 0 Å². The number of nitrogens with zero attached hydrogens (tertiary/aromatic N) is 5. The summed E-state index contributed by atoms with van der Waals surface area (Å²) in [5.41, 5.74) is 2.39. The van der Waals surface area contributed by atoms with E-state index in [1.807, 2.05) is 23.6 Å². The third-order valence-corrected chi connectivity index (χ3v) is 7.41. The number of H-pyrrole nitrogens is 2. The van der Waals surface area contributed by atoms with Crippen molar-refractivity contribution in [2.75, 3.05) is 43.4 Å². The molecule has 0 aromatic carbocycles. The Morgan fingerprint density at radius 1 is 1.14 bits per heavy atom. The number of aromatic amines is 2. The van der Waals surface area contributed by atoms with Crippen molar-refractivity contribution < 1.29 is 13.5 Å². The third-order valence-electron chi connectivity index (χ3n) is 6.50. The summed E-state index contributed by atoms with van der Waals surface area (Å²) in [5, 5.41) is 12.5. The minimum Gasteiger partial charge on any atom is -0.449 e. The molecule has 9 nitrogen and oxygen atoms in total. The summed E-state index contributed by atoms with van der Waals surface area (Å²) in [4.78, 5) is 17.3. The van der Waals surface area contributed by atoms with Crippen LogP contribution in [0.2, 0.25) is 0 Å². The maximum absolute atomic E-state index is 15.3. The van der Waals surface area contributed by atoms with E-state index in [4.69, 9.17) is 4.74 Å². The molecule has 1 aliphatic carbocycles. The number of piperazine rings is 1. The zero-order valence-corrected chi connectivity index (χ0v) is 21.1. The second kappa shape index (κ2) is 9.60. The first-order chi connectivity index (χ1) is 17.9. The molecule has 1 saturated heterocycles. The van der Waals surface area contributed by atoms with Gasteiger partial charge in [-0.25, -0.2) is 8.78 Å². The number of rotatable bonds is 6. The van der Waals surface area contributed by atoms with E-state index in [2.05, 4.69) is 47.3 Å². The van der Waals surface area contributed by atoms with Crippen LogP contribution in [0.25, 0.3) is 16.6 Å². The van der Waals surface area contributed by atoms with Crippen LogP contribution < -0.4 is 15.0 Å². The standard InChI is InChI=1S/C25H26F2N8OS/c1-14-10-15-17(28-14)11-16(26)24(23(15)27)36-25-30-20(13-22(31-25)35-7-5-34(2)6-8-35)29-21-12-18(32-33-21)19-4-3-9-37-19/h3-4,9-13,23-24,28H,5-8H2,1-2H3,(H2,29,30,31,32,33). The Hall–Kier alpha value is -3.77. The predicted molar refractivity (Wildman–Crippen MR) is 140 cm³/mol. The third kappa shape index (κ3) is 4.81. The second-order valence-corrected chi connectivity index (χ2v) is 10.2. The van der Waals surface area contributed by atoms with Gasteiger partial charge in [0.05, 0.1) is 10.6 Å². The number of aryl methyl sites for hydroxylation is 1. The molecule has 37 heavy (non-hydrogen) atoms. The Labute approximate surface area is 216 Å². The number of aromatic nitrogens is 5. The largest absolute Gasteiger partial charge is 0.449 e. The van der Waals surface area contributed by atoms with Gasteiger partial charge in [0.2, 0.25) is 0 Å². The summed E-state index contributed by atoms with van der Waals surface area (Å²) in [6.45, 7) is 5.05. The number of fused-ring (bicyclic) bond motifs is 1. The Balaban J connectivity index is 1.30. The van der Waals surface area contributed by atoms with E-state index in [9.17, 15) is 4.39 Å². The molecule has 12 heteroatoms. The average molecular weight is 525 g/mol. The van der Waals surface area contributed by atoms with Crippen molar-refractivity contribution in [1.82, 2.24) is 30.0 Å². The van der Waals surface area contributed by atoms with E-state index >= 15 is 4.39 Å². The van der Waals surface area contributed by atoms with Crippen molar-refractivity contribution in [1.29, 1.82) is 0 Å². The maximum Gasteiger partial charge on any atom is 0.321 e. The molecule has 192 valence electrons. The van der Waals surface area contributed by atoms with Gasteiger partial charge in [0, 0.05) is 55.3 Å². The Kier molecular flexibility index (Phi) is 6.13. The normalized spacial score (nSPS) is 20.0. The first-order valence-electron chi connectivity index (χ1n) is 12.0. The van der Waals surface area contributed by atoms with Gasteiger partial charge >= 0.3 is 6.01 Å². The van der Waals surface area contributed by atoms with Gasteiger partial charge in [-0.2, -0.15) is 15.1 Å². The van der Waals surface area contributed by atoms with Crippen LogP contribution >= 0.6 is 11.3 Å². The fourth-order valence-electron chi connectivity index (χ4n) is 4.53. The monoisotopic (exact) mass is 524 g/mol. The van der Waals surface area contributed by atoms with Crippen LogP contribution in [0.4, 0.5) is 26.2 Å². The topological polar surface area (TPSA) is 98.0 Å². The quantitative estimate of drug-likeness (QED) is 0.332. The number of anilines is 3. The summed E-state index contributed by atoms with van der Waals surface area (Å²) >= 11 is 1.60. The van der Waals surface area contributed by atoms with Gasteiger partial charge in [0.1, 0.15) is 17.5 Å². The number of halogens is 2. The van der Waals surface area contributed by atoms with Gasteiger partial charge in [0.25, 0.3) is 0 Å². The van der Waals surface area contributed by atoms with E-state index in [-0.39, 0.29) is 6.01 Å². The molecule has 1 fully saturated rings. The molecule has 0 bridgehead atoms. The number of nitrogens with one attached hydrogen (secondary N) is 3. The molecule has 2 atom stereocenters. The number of hydrogen-bond donors (Lipinski definition) is 3. The van der Waals surface area contributed by atoms with E-state index < -0.39 is 18.1 Å².